The molecule has 1 atom stereocenters. The van der Waals surface area contributed by atoms with E-state index in [1.807, 2.05) is 13.8 Å². The molecule has 1 aromatic carbocycles. The summed E-state index contributed by atoms with van der Waals surface area (Å²) >= 11 is 0. The maximum atomic E-state index is 13.9. The topological polar surface area (TPSA) is 46.2 Å². The van der Waals surface area contributed by atoms with E-state index in [0.29, 0.717) is 6.42 Å². The van der Waals surface area contributed by atoms with Gasteiger partial charge in [-0.2, -0.15) is 0 Å². The smallest absolute Gasteiger partial charge is 0.254 e. The first-order valence-electron chi connectivity index (χ1n) is 8.62. The molecule has 1 aliphatic carbocycles. The number of rotatable bonds is 6. The van der Waals surface area contributed by atoms with E-state index < -0.39 is 17.8 Å². The van der Waals surface area contributed by atoms with Crippen LogP contribution in [0.2, 0.25) is 0 Å². The average Bonchev–Trinajstić information content (AvgIpc) is 2.55. The van der Waals surface area contributed by atoms with Crippen LogP contribution in [-0.4, -0.2) is 17.7 Å². The number of nitrogens with one attached hydrogen (secondary N) is 1. The highest BCUT2D eigenvalue weighted by atomic mass is 19.1. The first-order valence-corrected chi connectivity index (χ1v) is 8.62. The highest BCUT2D eigenvalue weighted by Crippen LogP contribution is 2.28. The summed E-state index contributed by atoms with van der Waals surface area (Å²) in [6, 6.07) is 3.98. The molecule has 0 radical (unpaired) electrons. The van der Waals surface area contributed by atoms with Gasteiger partial charge in [0.15, 0.2) is 5.78 Å². The minimum Gasteiger partial charge on any atom is -0.342 e. The van der Waals surface area contributed by atoms with E-state index in [-0.39, 0.29) is 17.3 Å². The van der Waals surface area contributed by atoms with Crippen LogP contribution in [0.1, 0.15) is 67.8 Å². The van der Waals surface area contributed by atoms with Crippen molar-refractivity contribution in [3.63, 3.8) is 0 Å². The van der Waals surface area contributed by atoms with Crippen molar-refractivity contribution in [1.29, 1.82) is 0 Å². The molecular formula is C19H26FNO2. The molecule has 0 aliphatic heterocycles. The Morgan fingerprint density at radius 1 is 1.26 bits per heavy atom. The van der Waals surface area contributed by atoms with Crippen molar-refractivity contribution in [2.45, 2.75) is 64.8 Å². The zero-order chi connectivity index (χ0) is 16.8. The molecule has 0 aromatic heterocycles. The number of carbonyl (C=O) groups is 2. The minimum absolute atomic E-state index is 0.0232. The lowest BCUT2D eigenvalue weighted by molar-refractivity contribution is -0.122. The fourth-order valence-corrected chi connectivity index (χ4v) is 3.36. The standard InChI is InChI=1S/C19H26FNO2/c1-3-7-17(22)18(14-8-5-4-6-9-14)21-19(23)15-12-13(2)10-11-16(15)20/h10-12,14,18H,3-9H2,1-2H3,(H,21,23)/t18-/m1/s1. The van der Waals surface area contributed by atoms with E-state index in [2.05, 4.69) is 5.32 Å². The maximum absolute atomic E-state index is 13.9. The zero-order valence-electron chi connectivity index (χ0n) is 14.0. The van der Waals surface area contributed by atoms with Crippen molar-refractivity contribution in [1.82, 2.24) is 5.32 Å². The van der Waals surface area contributed by atoms with Crippen LogP contribution in [0.4, 0.5) is 4.39 Å². The first-order chi connectivity index (χ1) is 11.0. The quantitative estimate of drug-likeness (QED) is 0.855. The molecule has 2 rings (SSSR count). The molecule has 3 nitrogen and oxygen atoms in total. The lowest BCUT2D eigenvalue weighted by atomic mass is 9.81. The lowest BCUT2D eigenvalue weighted by Gasteiger charge is -2.30. The molecule has 1 amide bonds. The van der Waals surface area contributed by atoms with Gasteiger partial charge in [-0.3, -0.25) is 9.59 Å². The number of ketones is 1. The number of carbonyl (C=O) groups excluding carboxylic acids is 2. The summed E-state index contributed by atoms with van der Waals surface area (Å²) in [6.45, 7) is 3.77. The predicted molar refractivity (Wildman–Crippen MR) is 88.9 cm³/mol. The van der Waals surface area contributed by atoms with E-state index in [4.69, 9.17) is 0 Å². The van der Waals surface area contributed by atoms with Gasteiger partial charge in [0.2, 0.25) is 0 Å². The second-order valence-electron chi connectivity index (χ2n) is 6.55. The number of benzene rings is 1. The van der Waals surface area contributed by atoms with Gasteiger partial charge in [-0.15, -0.1) is 0 Å². The fraction of sp³-hybridized carbons (Fsp3) is 0.579. The van der Waals surface area contributed by atoms with Crippen LogP contribution in [0, 0.1) is 18.7 Å². The molecule has 1 aromatic rings. The molecule has 1 N–H and O–H groups in total. The van der Waals surface area contributed by atoms with Crippen LogP contribution >= 0.6 is 0 Å². The third kappa shape index (κ3) is 4.63. The predicted octanol–water partition coefficient (Wildman–Crippen LogP) is 4.18. The highest BCUT2D eigenvalue weighted by Gasteiger charge is 2.30. The molecular weight excluding hydrogens is 293 g/mol. The van der Waals surface area contributed by atoms with Crippen molar-refractivity contribution in [3.8, 4) is 0 Å². The molecule has 0 bridgehead atoms. The molecule has 23 heavy (non-hydrogen) atoms. The van der Waals surface area contributed by atoms with Crippen LogP contribution < -0.4 is 5.32 Å². The molecule has 0 unspecified atom stereocenters. The molecule has 126 valence electrons. The Morgan fingerprint density at radius 3 is 2.61 bits per heavy atom. The number of aryl methyl sites for hydroxylation is 1. The highest BCUT2D eigenvalue weighted by molar-refractivity contribution is 5.98. The Hall–Kier alpha value is -1.71. The second kappa shape index (κ2) is 8.23. The van der Waals surface area contributed by atoms with Gasteiger partial charge in [0.25, 0.3) is 5.91 Å². The summed E-state index contributed by atoms with van der Waals surface area (Å²) in [6.07, 6.45) is 6.50. The fourth-order valence-electron chi connectivity index (χ4n) is 3.36. The van der Waals surface area contributed by atoms with Crippen molar-refractivity contribution in [2.75, 3.05) is 0 Å². The summed E-state index contributed by atoms with van der Waals surface area (Å²) in [5, 5.41) is 2.83. The largest absolute Gasteiger partial charge is 0.342 e. The summed E-state index contributed by atoms with van der Waals surface area (Å²) in [7, 11) is 0. The zero-order valence-corrected chi connectivity index (χ0v) is 14.0. The van der Waals surface area contributed by atoms with Gasteiger partial charge in [-0.1, -0.05) is 37.8 Å². The van der Waals surface area contributed by atoms with Gasteiger partial charge >= 0.3 is 0 Å². The molecule has 0 heterocycles. The molecule has 0 spiro atoms. The third-order valence-electron chi connectivity index (χ3n) is 4.62. The minimum atomic E-state index is -0.543. The molecule has 4 heteroatoms. The third-order valence-corrected chi connectivity index (χ3v) is 4.62. The SMILES string of the molecule is CCCC(=O)[C@H](NC(=O)c1cc(C)ccc1F)C1CCCCC1. The summed E-state index contributed by atoms with van der Waals surface area (Å²) < 4.78 is 13.9. The molecule has 1 aliphatic rings. The van der Waals surface area contributed by atoms with Crippen LogP contribution in [0.15, 0.2) is 18.2 Å². The Balaban J connectivity index is 2.17. The van der Waals surface area contributed by atoms with E-state index in [0.717, 1.165) is 37.7 Å². The number of amides is 1. The summed E-state index contributed by atoms with van der Waals surface area (Å²) in [4.78, 5) is 24.9. The summed E-state index contributed by atoms with van der Waals surface area (Å²) in [5.41, 5.74) is 0.848. The maximum Gasteiger partial charge on any atom is 0.254 e. The van der Waals surface area contributed by atoms with E-state index in [1.54, 1.807) is 6.07 Å². The molecule has 1 fully saturated rings. The van der Waals surface area contributed by atoms with Crippen molar-refractivity contribution >= 4 is 11.7 Å². The Bertz CT molecular complexity index is 564. The van der Waals surface area contributed by atoms with Gasteiger partial charge in [0.1, 0.15) is 5.82 Å². The number of hydrogen-bond acceptors (Lipinski definition) is 2. The van der Waals surface area contributed by atoms with Crippen LogP contribution in [-0.2, 0) is 4.79 Å². The Morgan fingerprint density at radius 2 is 1.96 bits per heavy atom. The average molecular weight is 319 g/mol. The van der Waals surface area contributed by atoms with Crippen molar-refractivity contribution < 1.29 is 14.0 Å². The van der Waals surface area contributed by atoms with Crippen LogP contribution in [0.5, 0.6) is 0 Å². The van der Waals surface area contributed by atoms with Crippen molar-refractivity contribution in [3.05, 3.63) is 35.1 Å². The Kier molecular flexibility index (Phi) is 6.31. The van der Waals surface area contributed by atoms with E-state index in [1.165, 1.54) is 18.6 Å². The van der Waals surface area contributed by atoms with Gasteiger partial charge < -0.3 is 5.32 Å². The number of halogens is 1. The van der Waals surface area contributed by atoms with Gasteiger partial charge in [-0.25, -0.2) is 4.39 Å². The van der Waals surface area contributed by atoms with Crippen LogP contribution in [0.25, 0.3) is 0 Å². The number of Topliss-reactive ketones (excluding diaryl/α,β-unsaturated/α-hetero) is 1. The summed E-state index contributed by atoms with van der Waals surface area (Å²) in [5.74, 6) is -0.773. The van der Waals surface area contributed by atoms with Gasteiger partial charge in [-0.05, 0) is 44.2 Å². The monoisotopic (exact) mass is 319 g/mol. The van der Waals surface area contributed by atoms with E-state index in [9.17, 15) is 14.0 Å². The number of hydrogen-bond donors (Lipinski definition) is 1. The van der Waals surface area contributed by atoms with Crippen molar-refractivity contribution in [2.24, 2.45) is 5.92 Å². The van der Waals surface area contributed by atoms with Crippen LogP contribution in [0.3, 0.4) is 0 Å². The Labute approximate surface area is 137 Å². The molecule has 0 saturated heterocycles. The first kappa shape index (κ1) is 17.6. The van der Waals surface area contributed by atoms with E-state index >= 15 is 0 Å². The lowest BCUT2D eigenvalue weighted by Crippen LogP contribution is -2.46. The normalized spacial score (nSPS) is 16.8. The second-order valence-corrected chi connectivity index (χ2v) is 6.55. The van der Waals surface area contributed by atoms with Gasteiger partial charge in [0.05, 0.1) is 11.6 Å². The van der Waals surface area contributed by atoms with Gasteiger partial charge in [0, 0.05) is 6.42 Å². The molecule has 1 saturated carbocycles.